The molecule has 2 heterocycles. The van der Waals surface area contributed by atoms with Gasteiger partial charge >= 0.3 is 6.03 Å². The topological polar surface area (TPSA) is 101 Å². The Morgan fingerprint density at radius 2 is 2.04 bits per heavy atom. The van der Waals surface area contributed by atoms with Gasteiger partial charge in [-0.25, -0.2) is 4.79 Å². The van der Waals surface area contributed by atoms with E-state index in [9.17, 15) is 14.4 Å². The van der Waals surface area contributed by atoms with E-state index in [1.54, 1.807) is 49.7 Å². The van der Waals surface area contributed by atoms with Crippen LogP contribution in [-0.2, 0) is 16.1 Å². The second-order valence-corrected chi connectivity index (χ2v) is 6.10. The fourth-order valence-electron chi connectivity index (χ4n) is 2.77. The van der Waals surface area contributed by atoms with E-state index in [1.165, 1.54) is 6.20 Å². The first-order valence-electron chi connectivity index (χ1n) is 8.51. The number of nitrogens with zero attached hydrogens (tertiary/aromatic N) is 2. The molecule has 1 saturated heterocycles. The van der Waals surface area contributed by atoms with E-state index >= 15 is 0 Å². The molecule has 3 rings (SSSR count). The number of aromatic nitrogens is 1. The third kappa shape index (κ3) is 4.60. The van der Waals surface area contributed by atoms with Gasteiger partial charge in [0.15, 0.2) is 0 Å². The lowest BCUT2D eigenvalue weighted by molar-refractivity contribution is -0.128. The summed E-state index contributed by atoms with van der Waals surface area (Å²) in [6, 6.07) is 9.44. The van der Waals surface area contributed by atoms with Crippen LogP contribution in [0.25, 0.3) is 0 Å². The van der Waals surface area contributed by atoms with E-state index in [2.05, 4.69) is 15.6 Å². The Bertz CT molecular complexity index is 823. The minimum absolute atomic E-state index is 0.113. The van der Waals surface area contributed by atoms with Crippen LogP contribution >= 0.6 is 0 Å². The maximum atomic E-state index is 12.5. The van der Waals surface area contributed by atoms with Gasteiger partial charge in [-0.1, -0.05) is 12.1 Å². The minimum Gasteiger partial charge on any atom is -0.497 e. The van der Waals surface area contributed by atoms with E-state index in [-0.39, 0.29) is 31.2 Å². The van der Waals surface area contributed by atoms with Crippen LogP contribution in [0.2, 0.25) is 0 Å². The molecule has 1 aliphatic rings. The smallest absolute Gasteiger partial charge is 0.325 e. The molecule has 0 aliphatic carbocycles. The molecule has 2 N–H and O–H groups in total. The molecule has 0 radical (unpaired) electrons. The number of ether oxygens (including phenoxy) is 1. The molecule has 2 aromatic rings. The Labute approximate surface area is 156 Å². The van der Waals surface area contributed by atoms with Crippen molar-refractivity contribution in [2.45, 2.75) is 25.4 Å². The van der Waals surface area contributed by atoms with Crippen LogP contribution in [0.4, 0.5) is 10.5 Å². The summed E-state index contributed by atoms with van der Waals surface area (Å²) >= 11 is 0. The molecule has 1 fully saturated rings. The van der Waals surface area contributed by atoms with E-state index in [1.807, 2.05) is 0 Å². The monoisotopic (exact) mass is 368 g/mol. The maximum Gasteiger partial charge on any atom is 0.325 e. The van der Waals surface area contributed by atoms with Crippen molar-refractivity contribution in [1.29, 1.82) is 0 Å². The van der Waals surface area contributed by atoms with Crippen LogP contribution in [0.1, 0.15) is 18.4 Å². The Balaban J connectivity index is 1.53. The van der Waals surface area contributed by atoms with Crippen LogP contribution in [0, 0.1) is 0 Å². The van der Waals surface area contributed by atoms with Gasteiger partial charge in [-0.3, -0.25) is 19.5 Å². The molecule has 1 aromatic heterocycles. The summed E-state index contributed by atoms with van der Waals surface area (Å²) < 4.78 is 5.09. The van der Waals surface area contributed by atoms with Crippen molar-refractivity contribution in [3.63, 3.8) is 0 Å². The van der Waals surface area contributed by atoms with Crippen molar-refractivity contribution in [1.82, 2.24) is 15.2 Å². The third-order valence-corrected chi connectivity index (χ3v) is 4.21. The first-order chi connectivity index (χ1) is 13.1. The molecule has 8 nitrogen and oxygen atoms in total. The number of benzene rings is 1. The van der Waals surface area contributed by atoms with Gasteiger partial charge in [0.1, 0.15) is 11.8 Å². The van der Waals surface area contributed by atoms with E-state index in [0.29, 0.717) is 11.4 Å². The quantitative estimate of drug-likeness (QED) is 0.728. The van der Waals surface area contributed by atoms with Crippen molar-refractivity contribution >= 4 is 23.5 Å². The lowest BCUT2D eigenvalue weighted by Crippen LogP contribution is -2.31. The van der Waals surface area contributed by atoms with Gasteiger partial charge in [0.05, 0.1) is 25.5 Å². The van der Waals surface area contributed by atoms with Gasteiger partial charge in [-0.2, -0.15) is 0 Å². The summed E-state index contributed by atoms with van der Waals surface area (Å²) in [5.74, 6) is 0.136. The number of amides is 4. The Hall–Kier alpha value is -3.42. The zero-order valence-electron chi connectivity index (χ0n) is 14.8. The molecule has 1 atom stereocenters. The molecule has 140 valence electrons. The molecule has 1 aromatic carbocycles. The van der Waals surface area contributed by atoms with Gasteiger partial charge in [-0.15, -0.1) is 0 Å². The third-order valence-electron chi connectivity index (χ3n) is 4.21. The predicted octanol–water partition coefficient (Wildman–Crippen LogP) is 1.93. The van der Waals surface area contributed by atoms with Crippen LogP contribution in [0.3, 0.4) is 0 Å². The Morgan fingerprint density at radius 1 is 1.26 bits per heavy atom. The fourth-order valence-corrected chi connectivity index (χ4v) is 2.77. The number of pyridine rings is 1. The highest BCUT2D eigenvalue weighted by Gasteiger charge is 2.37. The number of hydrogen-bond donors (Lipinski definition) is 2. The van der Waals surface area contributed by atoms with Gasteiger partial charge in [0.2, 0.25) is 5.91 Å². The van der Waals surface area contributed by atoms with Crippen molar-refractivity contribution < 1.29 is 19.1 Å². The molecular formula is C19H20N4O4. The maximum absolute atomic E-state index is 12.5. The van der Waals surface area contributed by atoms with Crippen LogP contribution in [0.15, 0.2) is 48.8 Å². The van der Waals surface area contributed by atoms with E-state index in [4.69, 9.17) is 4.74 Å². The summed E-state index contributed by atoms with van der Waals surface area (Å²) in [5.41, 5.74) is 1.40. The first-order valence-corrected chi connectivity index (χ1v) is 8.51. The highest BCUT2D eigenvalue weighted by Crippen LogP contribution is 2.18. The predicted molar refractivity (Wildman–Crippen MR) is 98.0 cm³/mol. The second kappa shape index (κ2) is 8.31. The Morgan fingerprint density at radius 3 is 2.70 bits per heavy atom. The number of methoxy groups -OCH3 is 1. The first kappa shape index (κ1) is 18.4. The number of rotatable bonds is 7. The zero-order valence-corrected chi connectivity index (χ0v) is 14.8. The summed E-state index contributed by atoms with van der Waals surface area (Å²) in [7, 11) is 1.57. The highest BCUT2D eigenvalue weighted by atomic mass is 16.5. The van der Waals surface area contributed by atoms with Crippen LogP contribution in [-0.4, -0.2) is 40.9 Å². The molecule has 8 heteroatoms. The van der Waals surface area contributed by atoms with Gasteiger partial charge in [0.25, 0.3) is 5.91 Å². The molecule has 0 bridgehead atoms. The van der Waals surface area contributed by atoms with Crippen molar-refractivity contribution in [3.8, 4) is 5.75 Å². The second-order valence-electron chi connectivity index (χ2n) is 6.10. The number of urea groups is 1. The standard InChI is InChI=1S/C19H20N4O4/c1-27-15-6-4-13(5-7-15)12-23-18(25)16(22-19(23)26)8-9-17(24)21-14-3-2-10-20-11-14/h2-7,10-11,16H,8-9,12H2,1H3,(H,21,24)(H,22,26)/t16-/m0/s1. The van der Waals surface area contributed by atoms with Crippen molar-refractivity contribution in [2.75, 3.05) is 12.4 Å². The fraction of sp³-hybridized carbons (Fsp3) is 0.263. The number of nitrogens with one attached hydrogen (secondary N) is 2. The molecular weight excluding hydrogens is 348 g/mol. The SMILES string of the molecule is COc1ccc(CN2C(=O)N[C@@H](CCC(=O)Nc3cccnc3)C2=O)cc1. The number of anilines is 1. The van der Waals surface area contributed by atoms with Gasteiger partial charge in [-0.05, 0) is 36.2 Å². The molecule has 1 aliphatic heterocycles. The summed E-state index contributed by atoms with van der Waals surface area (Å²) in [4.78, 5) is 41.7. The summed E-state index contributed by atoms with van der Waals surface area (Å²) in [5, 5.41) is 5.34. The van der Waals surface area contributed by atoms with Gasteiger partial charge in [0, 0.05) is 12.6 Å². The molecule has 0 unspecified atom stereocenters. The number of carbonyl (C=O) groups is 3. The molecule has 27 heavy (non-hydrogen) atoms. The van der Waals surface area contributed by atoms with Gasteiger partial charge < -0.3 is 15.4 Å². The number of imide groups is 1. The Kier molecular flexibility index (Phi) is 5.65. The van der Waals surface area contributed by atoms with Crippen molar-refractivity contribution in [2.24, 2.45) is 0 Å². The largest absolute Gasteiger partial charge is 0.497 e. The van der Waals surface area contributed by atoms with E-state index < -0.39 is 12.1 Å². The summed E-state index contributed by atoms with van der Waals surface area (Å²) in [6.07, 6.45) is 3.49. The highest BCUT2D eigenvalue weighted by molar-refractivity contribution is 6.04. The molecule has 0 spiro atoms. The zero-order chi connectivity index (χ0) is 19.2. The van der Waals surface area contributed by atoms with Crippen LogP contribution in [0.5, 0.6) is 5.75 Å². The van der Waals surface area contributed by atoms with Crippen LogP contribution < -0.4 is 15.4 Å². The number of hydrogen-bond acceptors (Lipinski definition) is 5. The average Bonchev–Trinajstić information content (AvgIpc) is 2.95. The molecule has 4 amide bonds. The molecule has 0 saturated carbocycles. The van der Waals surface area contributed by atoms with E-state index in [0.717, 1.165) is 10.5 Å². The minimum atomic E-state index is -0.699. The normalized spacial score (nSPS) is 16.2. The van der Waals surface area contributed by atoms with Crippen molar-refractivity contribution in [3.05, 3.63) is 54.4 Å². The number of carbonyl (C=O) groups excluding carboxylic acids is 3. The lowest BCUT2D eigenvalue weighted by atomic mass is 10.1. The summed E-state index contributed by atoms with van der Waals surface area (Å²) in [6.45, 7) is 0.174. The lowest BCUT2D eigenvalue weighted by Gasteiger charge is -2.13. The average molecular weight is 368 g/mol.